The van der Waals surface area contributed by atoms with Crippen LogP contribution in [0.5, 0.6) is 0 Å². The second kappa shape index (κ2) is 72.9. The molecule has 0 saturated heterocycles. The maximum absolute atomic E-state index is 11.7. The van der Waals surface area contributed by atoms with Gasteiger partial charge < -0.3 is 0 Å². The van der Waals surface area contributed by atoms with Crippen molar-refractivity contribution in [2.24, 2.45) is 74.9 Å². The average Bonchev–Trinajstić information content (AvgIpc) is 0.800. The zero-order valence-corrected chi connectivity index (χ0v) is 77.6. The fourth-order valence-electron chi connectivity index (χ4n) is 5.46. The molecule has 0 amide bonds. The third kappa shape index (κ3) is 137. The van der Waals surface area contributed by atoms with E-state index in [0.29, 0.717) is 36.5 Å². The smallest absolute Gasteiger partial charge is 0.171 e. The molecule has 0 aromatic heterocycles. The van der Waals surface area contributed by atoms with Crippen molar-refractivity contribution >= 4 is 0 Å². The molecule has 33 heteroatoms. The van der Waals surface area contributed by atoms with E-state index in [9.17, 15) is 145 Å². The van der Waals surface area contributed by atoms with Gasteiger partial charge in [-0.3, -0.25) is 0 Å². The van der Waals surface area contributed by atoms with Crippen LogP contribution < -0.4 is 0 Å². The van der Waals surface area contributed by atoms with Gasteiger partial charge >= 0.3 is 67.9 Å². The molecule has 0 aliphatic rings. The summed E-state index contributed by atoms with van der Waals surface area (Å²) in [6.45, 7) is 61.9. The molecule has 1 unspecified atom stereocenters. The van der Waals surface area contributed by atoms with Gasteiger partial charge in [-0.15, -0.1) is 0 Å². The summed E-state index contributed by atoms with van der Waals surface area (Å²) in [5.74, 6) is -1.99. The predicted molar refractivity (Wildman–Crippen MR) is 421 cm³/mol. The zero-order valence-electron chi connectivity index (χ0n) is 77.6. The second-order valence-electron chi connectivity index (χ2n) is 34.4. The molecule has 0 aromatic carbocycles. The lowest BCUT2D eigenvalue weighted by molar-refractivity contribution is -0.327. The summed E-state index contributed by atoms with van der Waals surface area (Å²) < 4.78 is 381. The highest BCUT2D eigenvalue weighted by atomic mass is 19.5. The molecule has 0 aromatic rings. The van der Waals surface area contributed by atoms with Crippen molar-refractivity contribution in [3.8, 4) is 0 Å². The van der Waals surface area contributed by atoms with Crippen molar-refractivity contribution in [3.63, 3.8) is 0 Å². The molecular formula is C84H163F33. The monoisotopic (exact) mass is 1800 g/mol. The van der Waals surface area contributed by atoms with E-state index in [1.807, 2.05) is 20.8 Å². The van der Waals surface area contributed by atoms with E-state index in [0.717, 1.165) is 70.1 Å². The average molecular weight is 1800 g/mol. The Hall–Kier alpha value is -2.31. The number of halogens is 33. The van der Waals surface area contributed by atoms with E-state index < -0.39 is 129 Å². The van der Waals surface area contributed by atoms with E-state index >= 15 is 0 Å². The van der Waals surface area contributed by atoms with Gasteiger partial charge in [-0.05, 0) is 98.7 Å². The van der Waals surface area contributed by atoms with Gasteiger partial charge in [-0.1, -0.05) is 324 Å². The summed E-state index contributed by atoms with van der Waals surface area (Å²) in [5.41, 5.74) is -4.10. The number of hydrogen-bond donors (Lipinski definition) is 0. The van der Waals surface area contributed by atoms with E-state index in [-0.39, 0.29) is 64.2 Å². The summed E-state index contributed by atoms with van der Waals surface area (Å²) >= 11 is 0. The minimum Gasteiger partial charge on any atom is -0.171 e. The Morgan fingerprint density at radius 3 is 0.607 bits per heavy atom. The van der Waals surface area contributed by atoms with Crippen LogP contribution in [0.1, 0.15) is 402 Å². The van der Waals surface area contributed by atoms with Crippen LogP contribution >= 0.6 is 0 Å². The van der Waals surface area contributed by atoms with Crippen LogP contribution in [0.25, 0.3) is 0 Å². The Balaban J connectivity index is -0.0000000818. The Morgan fingerprint density at radius 1 is 0.231 bits per heavy atom. The van der Waals surface area contributed by atoms with Gasteiger partial charge in [0, 0.05) is 25.7 Å². The highest BCUT2D eigenvalue weighted by Crippen LogP contribution is 2.49. The van der Waals surface area contributed by atoms with Crippen LogP contribution in [0.3, 0.4) is 0 Å². The SMILES string of the molecule is CC(C)(C(F)(F)F)C(F)(F)F.CC(C)(C)C(F)(F)F.CC(C)C(C)C.CC(C)CCC(F)(F)F.CCC(C)(C)C.CCC(C)(C)C.CCC(C)C(F)(F)F.CCC(C)CC.CCCC(C(F)(F)F)C(F)(F)F.CCCCC(C)C.CCCCCC(F)(F)F.CCCCCCC(F)(F)F.CCC[C@H](C)C(F)(F)F.CCC[C@H](C)CC(F)(F)F. The maximum atomic E-state index is 11.7. The molecular weight excluding hydrogens is 1640 g/mol. The van der Waals surface area contributed by atoms with Crippen LogP contribution in [-0.2, 0) is 0 Å². The Bertz CT molecular complexity index is 1940. The highest BCUT2D eigenvalue weighted by molar-refractivity contribution is 4.84. The molecule has 0 heterocycles. The lowest BCUT2D eigenvalue weighted by Gasteiger charge is -2.29. The van der Waals surface area contributed by atoms with Crippen molar-refractivity contribution in [2.45, 2.75) is 470 Å². The predicted octanol–water partition coefficient (Wildman–Crippen LogP) is 40.3. The molecule has 0 aliphatic heterocycles. The Kier molecular flexibility index (Phi) is 91.2. The Labute approximate surface area is 688 Å². The van der Waals surface area contributed by atoms with Crippen LogP contribution in [0.2, 0.25) is 0 Å². The number of hydrogen-bond acceptors (Lipinski definition) is 0. The highest BCUT2D eigenvalue weighted by Gasteiger charge is 2.64. The van der Waals surface area contributed by atoms with E-state index in [1.54, 1.807) is 27.7 Å². The molecule has 0 rings (SSSR count). The van der Waals surface area contributed by atoms with Gasteiger partial charge in [0.2, 0.25) is 0 Å². The summed E-state index contributed by atoms with van der Waals surface area (Å²) in [6, 6.07) is 0. The van der Waals surface area contributed by atoms with Crippen molar-refractivity contribution in [2.75, 3.05) is 0 Å². The van der Waals surface area contributed by atoms with Crippen LogP contribution in [-0.4, -0.2) is 67.9 Å². The number of alkyl halides is 33. The topological polar surface area (TPSA) is 0 Å². The first-order valence-electron chi connectivity index (χ1n) is 41.0. The molecule has 117 heavy (non-hydrogen) atoms. The van der Waals surface area contributed by atoms with Crippen molar-refractivity contribution in [3.05, 3.63) is 0 Å². The molecule has 730 valence electrons. The fraction of sp³-hybridized carbons (Fsp3) is 1.00. The van der Waals surface area contributed by atoms with Crippen LogP contribution in [0.4, 0.5) is 145 Å². The first-order chi connectivity index (χ1) is 51.2. The standard InChI is InChI=1S/2C7H13F3.C7H16.C6H8F6.3C6H11F3.4C6H14.C5H6F6.2C5H9F3/c1-3-4-6(2)5-7(8,9)10;1-2-3-4-5-6-7(8,9)10;1-4-5-6-7(2)3;1-2-3-4(5(7,8)9)6(10,11)12;1-5(2)3-4-6(7,8)9;1-3-4-5(2)6(7,8)9;1-2-3-4-5-6(7,8)9;2*1-5-6(2,3)4;1-5(2)6(3)4;1-4-6(3)5-2;1-3(2,4(6,7)8)5(9,10)11;1-4(2,3)5(6,7)8;1-3-4(2)5(6,7)8/h6H,3-5H2,1-2H3;2-6H2,1H3;7H,4-6H2,1-3H3;4H,2-3H2,1H3;2*5H,3-4H2,1-2H3;2-5H2,1H3;2*5H2,1-4H3;5-6H,1-4H3;6H,4-5H2,1-3H3;1-2H3;1-3H3;4H,3H2,1-2H3/t6-;;;;;5-;;;;;;;;/m0....0......../s1. The minimum absolute atomic E-state index is 0.104. The van der Waals surface area contributed by atoms with E-state index in [4.69, 9.17) is 0 Å². The van der Waals surface area contributed by atoms with Crippen molar-refractivity contribution in [1.82, 2.24) is 0 Å². The van der Waals surface area contributed by atoms with Gasteiger partial charge in [0.25, 0.3) is 0 Å². The van der Waals surface area contributed by atoms with Crippen molar-refractivity contribution in [1.29, 1.82) is 0 Å². The van der Waals surface area contributed by atoms with Crippen LogP contribution in [0.15, 0.2) is 0 Å². The summed E-state index contributed by atoms with van der Waals surface area (Å²) in [5, 5.41) is 0. The molecule has 0 bridgehead atoms. The largest absolute Gasteiger partial charge is 0.402 e. The second-order valence-corrected chi connectivity index (χ2v) is 34.4. The molecule has 0 aliphatic carbocycles. The van der Waals surface area contributed by atoms with Gasteiger partial charge in [-0.25, -0.2) is 0 Å². The van der Waals surface area contributed by atoms with Crippen molar-refractivity contribution < 1.29 is 145 Å². The van der Waals surface area contributed by atoms with Gasteiger partial charge in [0.05, 0.1) is 17.3 Å². The zero-order chi connectivity index (χ0) is 98.1. The van der Waals surface area contributed by atoms with E-state index in [1.165, 1.54) is 72.6 Å². The molecule has 3 atom stereocenters. The first-order valence-corrected chi connectivity index (χ1v) is 41.0. The maximum Gasteiger partial charge on any atom is 0.402 e. The first kappa shape index (κ1) is 146. The molecule has 0 radical (unpaired) electrons. The minimum atomic E-state index is -5.24. The molecule has 0 spiro atoms. The fourth-order valence-corrected chi connectivity index (χ4v) is 5.46. The van der Waals surface area contributed by atoms with Gasteiger partial charge in [0.15, 0.2) is 11.3 Å². The summed E-state index contributed by atoms with van der Waals surface area (Å²) in [7, 11) is 0. The summed E-state index contributed by atoms with van der Waals surface area (Å²) in [4.78, 5) is 0. The van der Waals surface area contributed by atoms with Crippen LogP contribution in [0, 0.1) is 74.9 Å². The Morgan fingerprint density at radius 2 is 0.496 bits per heavy atom. The molecule has 0 fully saturated rings. The van der Waals surface area contributed by atoms with E-state index in [2.05, 4.69) is 125 Å². The van der Waals surface area contributed by atoms with Gasteiger partial charge in [0.1, 0.15) is 0 Å². The lowest BCUT2D eigenvalue weighted by atomic mass is 9.92. The number of rotatable bonds is 23. The molecule has 0 N–H and O–H groups in total. The molecule has 0 saturated carbocycles. The van der Waals surface area contributed by atoms with Gasteiger partial charge in [-0.2, -0.15) is 145 Å². The quantitative estimate of drug-likeness (QED) is 0.0707. The summed E-state index contributed by atoms with van der Waals surface area (Å²) in [6.07, 6.45) is -35.5. The lowest BCUT2D eigenvalue weighted by Crippen LogP contribution is -2.44. The molecule has 0 nitrogen and oxygen atoms in total. The third-order valence-electron chi connectivity index (χ3n) is 16.8. The number of unbranched alkanes of at least 4 members (excludes halogenated alkanes) is 6. The third-order valence-corrected chi connectivity index (χ3v) is 16.8. The normalized spacial score (nSPS) is 13.3.